The van der Waals surface area contributed by atoms with Crippen molar-refractivity contribution in [2.45, 2.75) is 38.3 Å². The van der Waals surface area contributed by atoms with Crippen molar-refractivity contribution < 1.29 is 9.53 Å². The number of hydrogen-bond donors (Lipinski definition) is 0. The van der Waals surface area contributed by atoms with Crippen molar-refractivity contribution in [2.24, 2.45) is 0 Å². The zero-order valence-corrected chi connectivity index (χ0v) is 16.0. The van der Waals surface area contributed by atoms with Crippen LogP contribution < -0.4 is 0 Å². The highest BCUT2D eigenvalue weighted by Gasteiger charge is 2.25. The Bertz CT molecular complexity index is 548. The fourth-order valence-corrected chi connectivity index (χ4v) is 3.85. The number of carbonyl (C=O) groups excluding carboxylic acids is 1. The Morgan fingerprint density at radius 1 is 1.19 bits per heavy atom. The number of ether oxygens (including phenoxy) is 1. The van der Waals surface area contributed by atoms with Crippen molar-refractivity contribution in [3.05, 3.63) is 30.1 Å². The predicted molar refractivity (Wildman–Crippen MR) is 102 cm³/mol. The highest BCUT2D eigenvalue weighted by molar-refractivity contribution is 5.78. The Hall–Kier alpha value is -1.50. The van der Waals surface area contributed by atoms with Gasteiger partial charge in [0.25, 0.3) is 0 Å². The van der Waals surface area contributed by atoms with Gasteiger partial charge in [-0.15, -0.1) is 0 Å². The summed E-state index contributed by atoms with van der Waals surface area (Å²) in [6.45, 7) is 6.78. The minimum atomic E-state index is 0.144. The highest BCUT2D eigenvalue weighted by Crippen LogP contribution is 2.13. The lowest BCUT2D eigenvalue weighted by atomic mass is 10.1. The number of pyridine rings is 1. The molecular formula is C20H32N4O2. The van der Waals surface area contributed by atoms with Gasteiger partial charge in [-0.25, -0.2) is 0 Å². The number of amides is 1. The molecule has 3 heterocycles. The van der Waals surface area contributed by atoms with Crippen LogP contribution in [0.1, 0.15) is 31.2 Å². The summed E-state index contributed by atoms with van der Waals surface area (Å²) in [6.07, 6.45) is 8.58. The van der Waals surface area contributed by atoms with E-state index < -0.39 is 0 Å². The van der Waals surface area contributed by atoms with Crippen LogP contribution in [0.4, 0.5) is 0 Å². The van der Waals surface area contributed by atoms with Crippen LogP contribution in [0, 0.1) is 0 Å². The quantitative estimate of drug-likeness (QED) is 0.772. The molecule has 1 aromatic heterocycles. The molecule has 2 fully saturated rings. The molecule has 0 saturated carbocycles. The molecule has 1 aromatic rings. The lowest BCUT2D eigenvalue weighted by Gasteiger charge is -2.32. The third-order valence-electron chi connectivity index (χ3n) is 5.22. The number of rotatable bonds is 6. The molecular weight excluding hydrogens is 328 g/mol. The second kappa shape index (κ2) is 10.00. The first-order chi connectivity index (χ1) is 12.7. The number of hydrogen-bond acceptors (Lipinski definition) is 5. The Balaban J connectivity index is 1.48. The Morgan fingerprint density at radius 3 is 2.73 bits per heavy atom. The molecule has 1 amide bonds. The number of nitrogens with zero attached hydrogens (tertiary/aromatic N) is 4. The van der Waals surface area contributed by atoms with Crippen LogP contribution in [0.2, 0.25) is 0 Å². The molecule has 144 valence electrons. The zero-order chi connectivity index (χ0) is 18.2. The van der Waals surface area contributed by atoms with Crippen molar-refractivity contribution >= 4 is 5.91 Å². The summed E-state index contributed by atoms with van der Waals surface area (Å²) < 4.78 is 6.03. The first-order valence-electron chi connectivity index (χ1n) is 9.90. The minimum absolute atomic E-state index is 0.144. The van der Waals surface area contributed by atoms with E-state index >= 15 is 0 Å². The average molecular weight is 361 g/mol. The number of carbonyl (C=O) groups is 1. The van der Waals surface area contributed by atoms with E-state index in [9.17, 15) is 4.79 Å². The second-order valence-electron chi connectivity index (χ2n) is 7.58. The monoisotopic (exact) mass is 360 g/mol. The fraction of sp³-hybridized carbons (Fsp3) is 0.700. The van der Waals surface area contributed by atoms with Gasteiger partial charge in [0.2, 0.25) is 5.91 Å². The Labute approximate surface area is 157 Å². The van der Waals surface area contributed by atoms with E-state index in [0.29, 0.717) is 6.54 Å². The van der Waals surface area contributed by atoms with Gasteiger partial charge in [0.1, 0.15) is 0 Å². The molecule has 2 aliphatic rings. The second-order valence-corrected chi connectivity index (χ2v) is 7.58. The van der Waals surface area contributed by atoms with Crippen molar-refractivity contribution in [1.82, 2.24) is 19.7 Å². The number of likely N-dealkylation sites (N-methyl/N-ethyl adjacent to an activating group) is 1. The van der Waals surface area contributed by atoms with Gasteiger partial charge in [0.05, 0.1) is 12.6 Å². The van der Waals surface area contributed by atoms with Crippen molar-refractivity contribution in [2.75, 3.05) is 52.9 Å². The van der Waals surface area contributed by atoms with Crippen LogP contribution in [0.15, 0.2) is 24.5 Å². The summed E-state index contributed by atoms with van der Waals surface area (Å²) in [4.78, 5) is 23.4. The fourth-order valence-electron chi connectivity index (χ4n) is 3.85. The average Bonchev–Trinajstić information content (AvgIpc) is 2.89. The van der Waals surface area contributed by atoms with Crippen LogP contribution in [-0.4, -0.2) is 84.6 Å². The van der Waals surface area contributed by atoms with E-state index in [-0.39, 0.29) is 12.0 Å². The van der Waals surface area contributed by atoms with Crippen LogP contribution in [0.25, 0.3) is 0 Å². The summed E-state index contributed by atoms with van der Waals surface area (Å²) in [7, 11) is 2.00. The predicted octanol–water partition coefficient (Wildman–Crippen LogP) is 1.62. The smallest absolute Gasteiger partial charge is 0.236 e. The molecule has 6 heteroatoms. The normalized spacial score (nSPS) is 22.4. The summed E-state index contributed by atoms with van der Waals surface area (Å²) >= 11 is 0. The molecule has 1 unspecified atom stereocenters. The number of piperidine rings is 1. The molecule has 3 rings (SSSR count). The SMILES string of the molecule is CN(CC(=O)N1CCCOC(CN2CCCCC2)C1)Cc1ccncc1. The van der Waals surface area contributed by atoms with Gasteiger partial charge < -0.3 is 14.5 Å². The summed E-state index contributed by atoms with van der Waals surface area (Å²) in [5.41, 5.74) is 1.18. The summed E-state index contributed by atoms with van der Waals surface area (Å²) in [5.74, 6) is 0.204. The van der Waals surface area contributed by atoms with Crippen molar-refractivity contribution in [3.63, 3.8) is 0 Å². The van der Waals surface area contributed by atoms with E-state index in [1.54, 1.807) is 12.4 Å². The molecule has 2 aliphatic heterocycles. The van der Waals surface area contributed by atoms with Crippen LogP contribution in [0.5, 0.6) is 0 Å². The molecule has 26 heavy (non-hydrogen) atoms. The van der Waals surface area contributed by atoms with Crippen molar-refractivity contribution in [3.8, 4) is 0 Å². The molecule has 0 aliphatic carbocycles. The van der Waals surface area contributed by atoms with Crippen LogP contribution >= 0.6 is 0 Å². The Kier molecular flexibility index (Phi) is 7.41. The highest BCUT2D eigenvalue weighted by atomic mass is 16.5. The van der Waals surface area contributed by atoms with Gasteiger partial charge in [-0.05, 0) is 57.1 Å². The topological polar surface area (TPSA) is 48.9 Å². The molecule has 0 spiro atoms. The lowest BCUT2D eigenvalue weighted by Crippen LogP contribution is -2.46. The first-order valence-corrected chi connectivity index (χ1v) is 9.90. The van der Waals surface area contributed by atoms with Gasteiger partial charge in [0, 0.05) is 45.2 Å². The maximum Gasteiger partial charge on any atom is 0.236 e. The molecule has 2 saturated heterocycles. The first kappa shape index (κ1) is 19.3. The van der Waals surface area contributed by atoms with Crippen LogP contribution in [0.3, 0.4) is 0 Å². The standard InChI is InChI=1S/C20H32N4O2/c1-22(14-18-6-8-21-9-7-18)17-20(25)24-12-5-13-26-19(16-24)15-23-10-3-2-4-11-23/h6-9,19H,2-5,10-17H2,1H3. The lowest BCUT2D eigenvalue weighted by molar-refractivity contribution is -0.133. The van der Waals surface area contributed by atoms with E-state index in [2.05, 4.69) is 14.8 Å². The van der Waals surface area contributed by atoms with E-state index in [0.717, 1.165) is 39.2 Å². The molecule has 6 nitrogen and oxygen atoms in total. The maximum absolute atomic E-state index is 12.8. The molecule has 0 aromatic carbocycles. The van der Waals surface area contributed by atoms with Gasteiger partial charge in [0.15, 0.2) is 0 Å². The van der Waals surface area contributed by atoms with Gasteiger partial charge >= 0.3 is 0 Å². The minimum Gasteiger partial charge on any atom is -0.375 e. The summed E-state index contributed by atoms with van der Waals surface area (Å²) in [6, 6.07) is 3.99. The van der Waals surface area contributed by atoms with Crippen LogP contribution in [-0.2, 0) is 16.1 Å². The third-order valence-corrected chi connectivity index (χ3v) is 5.22. The zero-order valence-electron chi connectivity index (χ0n) is 16.0. The van der Waals surface area contributed by atoms with E-state index in [4.69, 9.17) is 4.74 Å². The van der Waals surface area contributed by atoms with E-state index in [1.165, 1.54) is 37.9 Å². The largest absolute Gasteiger partial charge is 0.375 e. The third kappa shape index (κ3) is 6.04. The van der Waals surface area contributed by atoms with Gasteiger partial charge in [-0.3, -0.25) is 14.7 Å². The summed E-state index contributed by atoms with van der Waals surface area (Å²) in [5, 5.41) is 0. The van der Waals surface area contributed by atoms with Gasteiger partial charge in [-0.2, -0.15) is 0 Å². The molecule has 0 bridgehead atoms. The number of likely N-dealkylation sites (tertiary alicyclic amines) is 1. The maximum atomic E-state index is 12.8. The number of aromatic nitrogens is 1. The molecule has 0 N–H and O–H groups in total. The van der Waals surface area contributed by atoms with Crippen molar-refractivity contribution in [1.29, 1.82) is 0 Å². The molecule has 1 atom stereocenters. The Morgan fingerprint density at radius 2 is 1.96 bits per heavy atom. The van der Waals surface area contributed by atoms with E-state index in [1.807, 2.05) is 24.1 Å². The molecule has 0 radical (unpaired) electrons. The van der Waals surface area contributed by atoms with Gasteiger partial charge in [-0.1, -0.05) is 6.42 Å².